The first-order valence-electron chi connectivity index (χ1n) is 9.04. The van der Waals surface area contributed by atoms with E-state index >= 15 is 0 Å². The highest BCUT2D eigenvalue weighted by atomic mass is 16.7. The van der Waals surface area contributed by atoms with Crippen molar-refractivity contribution in [3.8, 4) is 11.5 Å². The van der Waals surface area contributed by atoms with Crippen molar-refractivity contribution >= 4 is 11.9 Å². The van der Waals surface area contributed by atoms with Crippen LogP contribution in [0.1, 0.15) is 38.2 Å². The van der Waals surface area contributed by atoms with E-state index in [1.165, 1.54) is 0 Å². The van der Waals surface area contributed by atoms with E-state index in [4.69, 9.17) is 9.47 Å². The lowest BCUT2D eigenvalue weighted by Gasteiger charge is -2.42. The minimum Gasteiger partial charge on any atom is -0.481 e. The summed E-state index contributed by atoms with van der Waals surface area (Å²) in [5.74, 6) is 0.353. The van der Waals surface area contributed by atoms with Crippen LogP contribution in [-0.4, -0.2) is 53.0 Å². The molecule has 142 valence electrons. The Morgan fingerprint density at radius 1 is 1.31 bits per heavy atom. The second-order valence-corrected chi connectivity index (χ2v) is 7.00. The van der Waals surface area contributed by atoms with E-state index in [1.54, 1.807) is 4.90 Å². The van der Waals surface area contributed by atoms with Crippen molar-refractivity contribution in [3.05, 3.63) is 23.8 Å². The van der Waals surface area contributed by atoms with Crippen LogP contribution >= 0.6 is 0 Å². The zero-order chi connectivity index (χ0) is 18.7. The molecule has 7 heteroatoms. The normalized spacial score (nSPS) is 24.5. The van der Waals surface area contributed by atoms with E-state index in [0.717, 1.165) is 5.56 Å². The zero-order valence-electron chi connectivity index (χ0n) is 14.9. The van der Waals surface area contributed by atoms with Crippen LogP contribution in [0.5, 0.6) is 11.5 Å². The first-order chi connectivity index (χ1) is 12.5. The number of aliphatic hydroxyl groups is 1. The summed E-state index contributed by atoms with van der Waals surface area (Å²) in [6.07, 6.45) is 1.21. The third kappa shape index (κ3) is 3.49. The maximum Gasteiger partial charge on any atom is 0.312 e. The lowest BCUT2D eigenvalue weighted by Crippen LogP contribution is -2.56. The number of rotatable bonds is 6. The molecule has 1 aromatic carbocycles. The Hall–Kier alpha value is -2.28. The van der Waals surface area contributed by atoms with Gasteiger partial charge < -0.3 is 24.6 Å². The molecule has 0 saturated carbocycles. The maximum absolute atomic E-state index is 12.5. The Labute approximate surface area is 152 Å². The molecule has 2 atom stereocenters. The molecule has 3 rings (SSSR count). The van der Waals surface area contributed by atoms with E-state index in [0.29, 0.717) is 43.7 Å². The predicted molar refractivity (Wildman–Crippen MR) is 93.1 cm³/mol. The molecule has 7 nitrogen and oxygen atoms in total. The maximum atomic E-state index is 12.5. The second-order valence-electron chi connectivity index (χ2n) is 7.00. The molecule has 1 amide bonds. The molecule has 2 aliphatic rings. The van der Waals surface area contributed by atoms with Gasteiger partial charge in [0.2, 0.25) is 12.7 Å². The third-order valence-corrected chi connectivity index (χ3v) is 5.40. The van der Waals surface area contributed by atoms with E-state index in [-0.39, 0.29) is 25.7 Å². The minimum atomic E-state index is -1.14. The Bertz CT molecular complexity index is 691. The summed E-state index contributed by atoms with van der Waals surface area (Å²) in [4.78, 5) is 25.8. The number of benzene rings is 1. The molecule has 0 aromatic heterocycles. The number of fused-ring (bicyclic) bond motifs is 1. The topological polar surface area (TPSA) is 96.3 Å². The second kappa shape index (κ2) is 7.53. The van der Waals surface area contributed by atoms with Gasteiger partial charge in [0.1, 0.15) is 0 Å². The van der Waals surface area contributed by atoms with Gasteiger partial charge in [-0.25, -0.2) is 0 Å². The van der Waals surface area contributed by atoms with Crippen LogP contribution in [0, 0.1) is 5.41 Å². The standard InChI is InChI=1S/C19H25NO6/c1-2-7-19(18(23)24)8-9-20(11-16(19)21)17(22)6-4-13-3-5-14-15(10-13)26-12-25-14/h3,5,10,16,21H,2,4,6-9,11-12H2,1H3,(H,23,24)/t16-,19+/m1/s1. The van der Waals surface area contributed by atoms with Gasteiger partial charge in [0.15, 0.2) is 11.5 Å². The Morgan fingerprint density at radius 3 is 2.77 bits per heavy atom. The minimum absolute atomic E-state index is 0.0720. The summed E-state index contributed by atoms with van der Waals surface area (Å²) in [6, 6.07) is 5.61. The summed E-state index contributed by atoms with van der Waals surface area (Å²) in [7, 11) is 0. The SMILES string of the molecule is CCC[C@]1(C(=O)O)CCN(C(=O)CCc2ccc3c(c2)OCO3)C[C@H]1O. The van der Waals surface area contributed by atoms with Crippen molar-refractivity contribution in [2.45, 2.75) is 45.1 Å². The van der Waals surface area contributed by atoms with Crippen molar-refractivity contribution in [2.75, 3.05) is 19.9 Å². The molecule has 0 spiro atoms. The van der Waals surface area contributed by atoms with Crippen molar-refractivity contribution in [1.29, 1.82) is 0 Å². The van der Waals surface area contributed by atoms with Crippen molar-refractivity contribution in [1.82, 2.24) is 4.90 Å². The fourth-order valence-electron chi connectivity index (χ4n) is 3.80. The number of hydrogen-bond acceptors (Lipinski definition) is 5. The number of carboxylic acid groups (broad SMARTS) is 1. The highest BCUT2D eigenvalue weighted by molar-refractivity contribution is 5.79. The molecular weight excluding hydrogens is 338 g/mol. The number of amides is 1. The molecule has 0 unspecified atom stereocenters. The third-order valence-electron chi connectivity index (χ3n) is 5.40. The molecule has 1 aromatic rings. The number of likely N-dealkylation sites (tertiary alicyclic amines) is 1. The number of nitrogens with zero attached hydrogens (tertiary/aromatic N) is 1. The summed E-state index contributed by atoms with van der Waals surface area (Å²) < 4.78 is 10.6. The summed E-state index contributed by atoms with van der Waals surface area (Å²) >= 11 is 0. The fraction of sp³-hybridized carbons (Fsp3) is 0.579. The Kier molecular flexibility index (Phi) is 5.36. The number of ether oxygens (including phenoxy) is 2. The van der Waals surface area contributed by atoms with Gasteiger partial charge in [0.05, 0.1) is 11.5 Å². The number of carbonyl (C=O) groups is 2. The number of carbonyl (C=O) groups excluding carboxylic acids is 1. The van der Waals surface area contributed by atoms with Gasteiger partial charge in [-0.15, -0.1) is 0 Å². The first-order valence-corrected chi connectivity index (χ1v) is 9.04. The fourth-order valence-corrected chi connectivity index (χ4v) is 3.80. The Morgan fingerprint density at radius 2 is 2.08 bits per heavy atom. The quantitative estimate of drug-likeness (QED) is 0.800. The number of carboxylic acids is 1. The molecule has 1 fully saturated rings. The summed E-state index contributed by atoms with van der Waals surface area (Å²) in [5.41, 5.74) is -0.158. The van der Waals surface area contributed by atoms with Crippen LogP contribution < -0.4 is 9.47 Å². The summed E-state index contributed by atoms with van der Waals surface area (Å²) in [6.45, 7) is 2.56. The van der Waals surface area contributed by atoms with Crippen LogP contribution in [0.3, 0.4) is 0 Å². The number of aliphatic carboxylic acids is 1. The molecule has 0 aliphatic carbocycles. The largest absolute Gasteiger partial charge is 0.481 e. The van der Waals surface area contributed by atoms with Crippen LogP contribution in [0.15, 0.2) is 18.2 Å². The Balaban J connectivity index is 1.57. The average Bonchev–Trinajstić information content (AvgIpc) is 3.09. The van der Waals surface area contributed by atoms with Gasteiger partial charge in [0, 0.05) is 19.5 Å². The monoisotopic (exact) mass is 363 g/mol. The molecular formula is C19H25NO6. The molecule has 2 aliphatic heterocycles. The molecule has 26 heavy (non-hydrogen) atoms. The lowest BCUT2D eigenvalue weighted by atomic mass is 9.72. The van der Waals surface area contributed by atoms with Gasteiger partial charge in [0.25, 0.3) is 0 Å². The summed E-state index contributed by atoms with van der Waals surface area (Å²) in [5, 5.41) is 20.0. The van der Waals surface area contributed by atoms with E-state index < -0.39 is 17.5 Å². The van der Waals surface area contributed by atoms with Crippen molar-refractivity contribution in [2.24, 2.45) is 5.41 Å². The molecule has 2 heterocycles. The van der Waals surface area contributed by atoms with E-state index in [2.05, 4.69) is 0 Å². The molecule has 0 bridgehead atoms. The number of aryl methyl sites for hydroxylation is 1. The van der Waals surface area contributed by atoms with Crippen LogP contribution in [0.25, 0.3) is 0 Å². The zero-order valence-corrected chi connectivity index (χ0v) is 14.9. The number of β-amino-alcohol motifs (C(OH)–C–C–N with tert-alkyl or cyclic N) is 1. The van der Waals surface area contributed by atoms with Crippen molar-refractivity contribution < 1.29 is 29.3 Å². The van der Waals surface area contributed by atoms with Gasteiger partial charge >= 0.3 is 5.97 Å². The van der Waals surface area contributed by atoms with Gasteiger partial charge in [-0.05, 0) is 37.0 Å². The van der Waals surface area contributed by atoms with Crippen molar-refractivity contribution in [3.63, 3.8) is 0 Å². The van der Waals surface area contributed by atoms with E-state index in [9.17, 15) is 19.8 Å². The molecule has 1 saturated heterocycles. The van der Waals surface area contributed by atoms with E-state index in [1.807, 2.05) is 25.1 Å². The van der Waals surface area contributed by atoms with Crippen LogP contribution in [-0.2, 0) is 16.0 Å². The number of aliphatic hydroxyl groups excluding tert-OH is 1. The highest BCUT2D eigenvalue weighted by Crippen LogP contribution is 2.37. The van der Waals surface area contributed by atoms with Crippen LogP contribution in [0.2, 0.25) is 0 Å². The lowest BCUT2D eigenvalue weighted by molar-refractivity contribution is -0.167. The number of hydrogen-bond donors (Lipinski definition) is 2. The first kappa shape index (κ1) is 18.5. The van der Waals surface area contributed by atoms with Crippen LogP contribution in [0.4, 0.5) is 0 Å². The van der Waals surface area contributed by atoms with Gasteiger partial charge in [-0.1, -0.05) is 19.4 Å². The van der Waals surface area contributed by atoms with Gasteiger partial charge in [-0.3, -0.25) is 9.59 Å². The highest BCUT2D eigenvalue weighted by Gasteiger charge is 2.48. The van der Waals surface area contributed by atoms with Gasteiger partial charge in [-0.2, -0.15) is 0 Å². The predicted octanol–water partition coefficient (Wildman–Crippen LogP) is 1.81. The smallest absolute Gasteiger partial charge is 0.312 e. The molecule has 2 N–H and O–H groups in total. The number of piperidine rings is 1. The molecule has 0 radical (unpaired) electrons. The average molecular weight is 363 g/mol.